The number of likely N-dealkylation sites (tertiary alicyclic amines) is 1. The average Bonchev–Trinajstić information content (AvgIpc) is 3.21. The van der Waals surface area contributed by atoms with E-state index in [-0.39, 0.29) is 0 Å². The molecule has 1 atom stereocenters. The van der Waals surface area contributed by atoms with Gasteiger partial charge in [-0.1, -0.05) is 5.16 Å². The fraction of sp³-hybridized carbons (Fsp3) is 0.571. The van der Waals surface area contributed by atoms with Crippen molar-refractivity contribution < 1.29 is 9.26 Å². The summed E-state index contributed by atoms with van der Waals surface area (Å²) in [7, 11) is 0. The highest BCUT2D eigenvalue weighted by molar-refractivity contribution is 7.08. The lowest BCUT2D eigenvalue weighted by Gasteiger charge is -2.20. The Hall–Kier alpha value is -1.24. The van der Waals surface area contributed by atoms with Crippen LogP contribution in [0.4, 0.5) is 0 Å². The number of aromatic nitrogens is 2. The van der Waals surface area contributed by atoms with Crippen molar-refractivity contribution in [3.05, 3.63) is 22.7 Å². The summed E-state index contributed by atoms with van der Waals surface area (Å²) in [5.74, 6) is 1.40. The van der Waals surface area contributed by atoms with Gasteiger partial charge in [-0.25, -0.2) is 0 Å². The van der Waals surface area contributed by atoms with Crippen molar-refractivity contribution in [1.82, 2.24) is 15.0 Å². The van der Waals surface area contributed by atoms with Crippen LogP contribution in [0, 0.1) is 5.41 Å². The third-order valence-corrected chi connectivity index (χ3v) is 4.99. The van der Waals surface area contributed by atoms with Crippen LogP contribution in [0.25, 0.3) is 11.5 Å². The second kappa shape index (κ2) is 4.95. The summed E-state index contributed by atoms with van der Waals surface area (Å²) in [4.78, 5) is 6.90. The standard InChI is InChI=1S/C14H17N3O2S/c1-6-20-8-11(1)13-15-12(16-19-13)7-17-4-2-14(9-17)3-5-18-10-14/h1,6,8H,2-5,7,9-10H2. The van der Waals surface area contributed by atoms with Crippen molar-refractivity contribution in [2.24, 2.45) is 5.41 Å². The highest BCUT2D eigenvalue weighted by Gasteiger charge is 2.41. The minimum atomic E-state index is 0.389. The Morgan fingerprint density at radius 2 is 2.40 bits per heavy atom. The van der Waals surface area contributed by atoms with Gasteiger partial charge in [0, 0.05) is 23.9 Å². The predicted octanol–water partition coefficient (Wildman–Crippen LogP) is 2.41. The minimum absolute atomic E-state index is 0.389. The maximum absolute atomic E-state index is 5.56. The lowest BCUT2D eigenvalue weighted by Crippen LogP contribution is -2.27. The maximum atomic E-state index is 5.56. The van der Waals surface area contributed by atoms with Gasteiger partial charge in [-0.05, 0) is 30.8 Å². The summed E-state index contributed by atoms with van der Waals surface area (Å²) >= 11 is 1.64. The molecule has 2 aliphatic heterocycles. The monoisotopic (exact) mass is 291 g/mol. The highest BCUT2D eigenvalue weighted by Crippen LogP contribution is 2.38. The van der Waals surface area contributed by atoms with Crippen molar-refractivity contribution in [2.75, 3.05) is 26.3 Å². The number of nitrogens with zero attached hydrogens (tertiary/aromatic N) is 3. The molecule has 0 N–H and O–H groups in total. The normalized spacial score (nSPS) is 26.8. The van der Waals surface area contributed by atoms with E-state index in [2.05, 4.69) is 15.0 Å². The van der Waals surface area contributed by atoms with Crippen molar-refractivity contribution >= 4 is 11.3 Å². The molecule has 1 unspecified atom stereocenters. The van der Waals surface area contributed by atoms with Crippen LogP contribution in [0.5, 0.6) is 0 Å². The van der Waals surface area contributed by atoms with Gasteiger partial charge in [0.1, 0.15) is 0 Å². The van der Waals surface area contributed by atoms with Crippen molar-refractivity contribution in [3.63, 3.8) is 0 Å². The number of thiophene rings is 1. The molecule has 20 heavy (non-hydrogen) atoms. The zero-order chi connectivity index (χ0) is 13.4. The molecule has 1 spiro atoms. The SMILES string of the molecule is c1cc(-c2nc(CN3CCC4(CCOC4)C3)no2)cs1. The molecule has 6 heteroatoms. The minimum Gasteiger partial charge on any atom is -0.381 e. The first-order valence-electron chi connectivity index (χ1n) is 6.98. The molecule has 4 heterocycles. The fourth-order valence-electron chi connectivity index (χ4n) is 3.16. The second-order valence-corrected chi connectivity index (χ2v) is 6.57. The summed E-state index contributed by atoms with van der Waals surface area (Å²) < 4.78 is 10.9. The third kappa shape index (κ3) is 2.28. The molecule has 106 valence electrons. The van der Waals surface area contributed by atoms with E-state index in [1.807, 2.05) is 16.8 Å². The van der Waals surface area contributed by atoms with Gasteiger partial charge in [0.2, 0.25) is 0 Å². The lowest BCUT2D eigenvalue weighted by atomic mass is 9.87. The van der Waals surface area contributed by atoms with E-state index in [0.29, 0.717) is 11.3 Å². The molecule has 4 rings (SSSR count). The number of rotatable bonds is 3. The topological polar surface area (TPSA) is 51.4 Å². The van der Waals surface area contributed by atoms with Gasteiger partial charge in [-0.2, -0.15) is 16.3 Å². The van der Waals surface area contributed by atoms with E-state index < -0.39 is 0 Å². The Bertz CT molecular complexity index is 575. The molecule has 0 amide bonds. The van der Waals surface area contributed by atoms with Gasteiger partial charge < -0.3 is 9.26 Å². The van der Waals surface area contributed by atoms with Gasteiger partial charge in [0.25, 0.3) is 5.89 Å². The quantitative estimate of drug-likeness (QED) is 0.869. The summed E-state index contributed by atoms with van der Waals surface area (Å²) in [5.41, 5.74) is 1.40. The number of ether oxygens (including phenoxy) is 1. The first kappa shape index (κ1) is 12.5. The molecule has 2 aromatic rings. The van der Waals surface area contributed by atoms with Gasteiger partial charge >= 0.3 is 0 Å². The largest absolute Gasteiger partial charge is 0.381 e. The van der Waals surface area contributed by atoms with Gasteiger partial charge in [0.05, 0.1) is 18.7 Å². The second-order valence-electron chi connectivity index (χ2n) is 5.79. The average molecular weight is 291 g/mol. The van der Waals surface area contributed by atoms with E-state index in [1.54, 1.807) is 11.3 Å². The Balaban J connectivity index is 1.43. The molecule has 0 bridgehead atoms. The molecule has 2 saturated heterocycles. The fourth-order valence-corrected chi connectivity index (χ4v) is 3.79. The zero-order valence-electron chi connectivity index (χ0n) is 11.2. The van der Waals surface area contributed by atoms with E-state index in [1.165, 1.54) is 12.8 Å². The Morgan fingerprint density at radius 1 is 1.40 bits per heavy atom. The number of hydrogen-bond acceptors (Lipinski definition) is 6. The summed E-state index contributed by atoms with van der Waals surface area (Å²) in [6, 6.07) is 2.00. The Kier molecular flexibility index (Phi) is 3.09. The van der Waals surface area contributed by atoms with Crippen LogP contribution in [0.1, 0.15) is 18.7 Å². The van der Waals surface area contributed by atoms with E-state index in [4.69, 9.17) is 9.26 Å². The summed E-state index contributed by atoms with van der Waals surface area (Å²) in [5, 5.41) is 8.14. The van der Waals surface area contributed by atoms with Crippen LogP contribution in [0.3, 0.4) is 0 Å². The molecule has 2 aromatic heterocycles. The molecule has 2 aliphatic rings. The summed E-state index contributed by atoms with van der Waals surface area (Å²) in [6.07, 6.45) is 2.41. The van der Waals surface area contributed by atoms with Crippen LogP contribution in [-0.2, 0) is 11.3 Å². The van der Waals surface area contributed by atoms with E-state index in [0.717, 1.165) is 44.2 Å². The molecular formula is C14H17N3O2S. The molecule has 5 nitrogen and oxygen atoms in total. The van der Waals surface area contributed by atoms with Crippen LogP contribution in [-0.4, -0.2) is 41.3 Å². The lowest BCUT2D eigenvalue weighted by molar-refractivity contribution is 0.151. The van der Waals surface area contributed by atoms with Crippen LogP contribution < -0.4 is 0 Å². The van der Waals surface area contributed by atoms with Crippen LogP contribution in [0.2, 0.25) is 0 Å². The predicted molar refractivity (Wildman–Crippen MR) is 75.4 cm³/mol. The molecule has 0 aliphatic carbocycles. The third-order valence-electron chi connectivity index (χ3n) is 4.30. The van der Waals surface area contributed by atoms with Gasteiger partial charge in [-0.3, -0.25) is 4.90 Å². The van der Waals surface area contributed by atoms with Crippen LogP contribution >= 0.6 is 11.3 Å². The Morgan fingerprint density at radius 3 is 3.20 bits per heavy atom. The van der Waals surface area contributed by atoms with Gasteiger partial charge in [0.15, 0.2) is 5.82 Å². The molecular weight excluding hydrogens is 274 g/mol. The highest BCUT2D eigenvalue weighted by atomic mass is 32.1. The molecule has 0 radical (unpaired) electrons. The number of hydrogen-bond donors (Lipinski definition) is 0. The molecule has 0 saturated carbocycles. The zero-order valence-corrected chi connectivity index (χ0v) is 12.1. The summed E-state index contributed by atoms with van der Waals surface area (Å²) in [6.45, 7) is 4.80. The van der Waals surface area contributed by atoms with Crippen LogP contribution in [0.15, 0.2) is 21.3 Å². The smallest absolute Gasteiger partial charge is 0.258 e. The Labute approximate surface area is 121 Å². The first-order chi connectivity index (χ1) is 9.83. The van der Waals surface area contributed by atoms with Crippen molar-refractivity contribution in [3.8, 4) is 11.5 Å². The molecule has 2 fully saturated rings. The maximum Gasteiger partial charge on any atom is 0.258 e. The van der Waals surface area contributed by atoms with Gasteiger partial charge in [-0.15, -0.1) is 0 Å². The first-order valence-corrected chi connectivity index (χ1v) is 7.93. The van der Waals surface area contributed by atoms with Crippen molar-refractivity contribution in [1.29, 1.82) is 0 Å². The van der Waals surface area contributed by atoms with E-state index in [9.17, 15) is 0 Å². The molecule has 0 aromatic carbocycles. The van der Waals surface area contributed by atoms with E-state index >= 15 is 0 Å². The van der Waals surface area contributed by atoms with Crippen molar-refractivity contribution in [2.45, 2.75) is 19.4 Å².